The molecule has 1 aromatic carbocycles. The Balaban J connectivity index is 2.35. The Kier molecular flexibility index (Phi) is 4.80. The van der Waals surface area contributed by atoms with Gasteiger partial charge in [-0.3, -0.25) is 0 Å². The first-order valence-corrected chi connectivity index (χ1v) is 6.87. The Morgan fingerprint density at radius 2 is 1.52 bits per heavy atom. The predicted octanol–water partition coefficient (Wildman–Crippen LogP) is 1.19. The molecule has 6 heteroatoms. The first kappa shape index (κ1) is 15.3. The summed E-state index contributed by atoms with van der Waals surface area (Å²) in [5.41, 5.74) is 7.39. The van der Waals surface area contributed by atoms with Crippen molar-refractivity contribution in [2.24, 2.45) is 5.73 Å². The van der Waals surface area contributed by atoms with E-state index in [-0.39, 0.29) is 6.04 Å². The Bertz CT molecular complexity index is 502. The van der Waals surface area contributed by atoms with Gasteiger partial charge in [-0.25, -0.2) is 9.59 Å². The van der Waals surface area contributed by atoms with Gasteiger partial charge in [-0.15, -0.1) is 0 Å². The molecule has 0 spiro atoms. The molecule has 1 heterocycles. The summed E-state index contributed by atoms with van der Waals surface area (Å²) in [4.78, 5) is 25.6. The number of anilines is 1. The van der Waals surface area contributed by atoms with E-state index in [2.05, 4.69) is 4.90 Å². The maximum atomic E-state index is 11.8. The summed E-state index contributed by atoms with van der Waals surface area (Å²) in [7, 11) is 2.62. The molecule has 0 aliphatic carbocycles. The van der Waals surface area contributed by atoms with Gasteiger partial charge in [0.05, 0.1) is 25.3 Å². The molecule has 0 radical (unpaired) electrons. The van der Waals surface area contributed by atoms with Crippen LogP contribution in [-0.4, -0.2) is 45.3 Å². The highest BCUT2D eigenvalue weighted by molar-refractivity contribution is 5.97. The maximum absolute atomic E-state index is 11.8. The summed E-state index contributed by atoms with van der Waals surface area (Å²) in [5, 5.41) is 0. The summed E-state index contributed by atoms with van der Waals surface area (Å²) >= 11 is 0. The van der Waals surface area contributed by atoms with Crippen LogP contribution < -0.4 is 10.6 Å². The van der Waals surface area contributed by atoms with Crippen LogP contribution in [0.15, 0.2) is 18.2 Å². The smallest absolute Gasteiger partial charge is 0.337 e. The lowest BCUT2D eigenvalue weighted by atomic mass is 10.0. The minimum Gasteiger partial charge on any atom is -0.465 e. The fourth-order valence-corrected chi connectivity index (χ4v) is 2.42. The molecule has 2 N–H and O–H groups in total. The third kappa shape index (κ3) is 3.52. The molecular weight excluding hydrogens is 272 g/mol. The molecule has 0 bridgehead atoms. The number of ether oxygens (including phenoxy) is 2. The van der Waals surface area contributed by atoms with Crippen LogP contribution in [-0.2, 0) is 9.47 Å². The van der Waals surface area contributed by atoms with Gasteiger partial charge in [0.25, 0.3) is 0 Å². The van der Waals surface area contributed by atoms with Crippen molar-refractivity contribution in [1.82, 2.24) is 0 Å². The van der Waals surface area contributed by atoms with Crippen LogP contribution in [0.2, 0.25) is 0 Å². The molecule has 0 amide bonds. The fourth-order valence-electron chi connectivity index (χ4n) is 2.42. The number of hydrogen-bond acceptors (Lipinski definition) is 6. The third-order valence-corrected chi connectivity index (χ3v) is 3.66. The lowest BCUT2D eigenvalue weighted by Gasteiger charge is -2.32. The van der Waals surface area contributed by atoms with E-state index in [1.165, 1.54) is 20.3 Å². The van der Waals surface area contributed by atoms with E-state index in [1.54, 1.807) is 12.1 Å². The van der Waals surface area contributed by atoms with Gasteiger partial charge in [-0.1, -0.05) is 0 Å². The van der Waals surface area contributed by atoms with E-state index in [0.29, 0.717) is 11.1 Å². The largest absolute Gasteiger partial charge is 0.465 e. The second kappa shape index (κ2) is 6.58. The van der Waals surface area contributed by atoms with Crippen LogP contribution in [0.25, 0.3) is 0 Å². The summed E-state index contributed by atoms with van der Waals surface area (Å²) in [6.45, 7) is 1.60. The monoisotopic (exact) mass is 292 g/mol. The number of rotatable bonds is 3. The quantitative estimate of drug-likeness (QED) is 0.843. The molecule has 0 saturated carbocycles. The number of methoxy groups -OCH3 is 2. The number of carbonyl (C=O) groups is 2. The minimum atomic E-state index is -0.476. The van der Waals surface area contributed by atoms with Crippen LogP contribution in [0.1, 0.15) is 33.6 Å². The van der Waals surface area contributed by atoms with Crippen molar-refractivity contribution in [1.29, 1.82) is 0 Å². The molecular formula is C15H20N2O4. The molecule has 0 atom stereocenters. The van der Waals surface area contributed by atoms with Crippen molar-refractivity contribution >= 4 is 17.6 Å². The number of nitrogens with zero attached hydrogens (tertiary/aromatic N) is 1. The normalized spacial score (nSPS) is 15.7. The van der Waals surface area contributed by atoms with Gasteiger partial charge in [0, 0.05) is 24.8 Å². The summed E-state index contributed by atoms with van der Waals surface area (Å²) < 4.78 is 9.47. The molecule has 1 aromatic rings. The van der Waals surface area contributed by atoms with Gasteiger partial charge in [0.15, 0.2) is 0 Å². The average Bonchev–Trinajstić information content (AvgIpc) is 2.53. The Morgan fingerprint density at radius 3 is 1.95 bits per heavy atom. The molecule has 2 rings (SSSR count). The molecule has 0 aromatic heterocycles. The van der Waals surface area contributed by atoms with Gasteiger partial charge in [0.1, 0.15) is 0 Å². The minimum absolute atomic E-state index is 0.213. The van der Waals surface area contributed by atoms with Crippen molar-refractivity contribution in [2.45, 2.75) is 18.9 Å². The number of piperidine rings is 1. The highest BCUT2D eigenvalue weighted by Gasteiger charge is 2.20. The van der Waals surface area contributed by atoms with Crippen molar-refractivity contribution in [3.63, 3.8) is 0 Å². The molecule has 1 fully saturated rings. The lowest BCUT2D eigenvalue weighted by molar-refractivity contribution is 0.0599. The molecule has 1 aliphatic heterocycles. The Morgan fingerprint density at radius 1 is 1.05 bits per heavy atom. The zero-order chi connectivity index (χ0) is 15.4. The number of carbonyl (C=O) groups excluding carboxylic acids is 2. The molecule has 21 heavy (non-hydrogen) atoms. The predicted molar refractivity (Wildman–Crippen MR) is 78.5 cm³/mol. The van der Waals surface area contributed by atoms with E-state index < -0.39 is 11.9 Å². The first-order valence-electron chi connectivity index (χ1n) is 6.87. The van der Waals surface area contributed by atoms with E-state index in [1.807, 2.05) is 0 Å². The number of esters is 2. The molecule has 0 unspecified atom stereocenters. The topological polar surface area (TPSA) is 81.9 Å². The second-order valence-corrected chi connectivity index (χ2v) is 5.08. The number of nitrogens with two attached hydrogens (primary N) is 1. The third-order valence-electron chi connectivity index (χ3n) is 3.66. The molecule has 1 aliphatic rings. The SMILES string of the molecule is COC(=O)c1cc(C(=O)OC)cc(N2CCC(N)CC2)c1. The standard InChI is InChI=1S/C15H20N2O4/c1-20-14(18)10-7-11(15(19)21-2)9-13(8-10)17-5-3-12(16)4-6-17/h7-9,12H,3-6,16H2,1-2H3. The van der Waals surface area contributed by atoms with Gasteiger partial charge >= 0.3 is 11.9 Å². The molecule has 6 nitrogen and oxygen atoms in total. The maximum Gasteiger partial charge on any atom is 0.337 e. The fraction of sp³-hybridized carbons (Fsp3) is 0.467. The van der Waals surface area contributed by atoms with Gasteiger partial charge < -0.3 is 20.1 Å². The number of hydrogen-bond donors (Lipinski definition) is 1. The summed E-state index contributed by atoms with van der Waals surface area (Å²) in [5.74, 6) is -0.952. The van der Waals surface area contributed by atoms with Crippen molar-refractivity contribution in [3.8, 4) is 0 Å². The van der Waals surface area contributed by atoms with Gasteiger partial charge in [0.2, 0.25) is 0 Å². The van der Waals surface area contributed by atoms with E-state index in [4.69, 9.17) is 15.2 Å². The van der Waals surface area contributed by atoms with Crippen LogP contribution in [0.4, 0.5) is 5.69 Å². The Hall–Kier alpha value is -2.08. The summed E-state index contributed by atoms with van der Waals surface area (Å²) in [6.07, 6.45) is 1.77. The first-order chi connectivity index (χ1) is 10.0. The highest BCUT2D eigenvalue weighted by Crippen LogP contribution is 2.23. The summed E-state index contributed by atoms with van der Waals surface area (Å²) in [6, 6.07) is 5.16. The van der Waals surface area contributed by atoms with E-state index >= 15 is 0 Å². The van der Waals surface area contributed by atoms with Crippen LogP contribution in [0.3, 0.4) is 0 Å². The van der Waals surface area contributed by atoms with Crippen molar-refractivity contribution in [3.05, 3.63) is 29.3 Å². The van der Waals surface area contributed by atoms with Crippen molar-refractivity contribution in [2.75, 3.05) is 32.2 Å². The van der Waals surface area contributed by atoms with Crippen LogP contribution in [0.5, 0.6) is 0 Å². The van der Waals surface area contributed by atoms with E-state index in [0.717, 1.165) is 31.6 Å². The average molecular weight is 292 g/mol. The van der Waals surface area contributed by atoms with Crippen LogP contribution >= 0.6 is 0 Å². The zero-order valence-corrected chi connectivity index (χ0v) is 12.3. The van der Waals surface area contributed by atoms with Crippen LogP contribution in [0, 0.1) is 0 Å². The zero-order valence-electron chi connectivity index (χ0n) is 12.3. The second-order valence-electron chi connectivity index (χ2n) is 5.08. The molecule has 1 saturated heterocycles. The molecule has 114 valence electrons. The van der Waals surface area contributed by atoms with E-state index in [9.17, 15) is 9.59 Å². The number of benzene rings is 1. The lowest BCUT2D eigenvalue weighted by Crippen LogP contribution is -2.39. The highest BCUT2D eigenvalue weighted by atomic mass is 16.5. The Labute approximate surface area is 123 Å². The van der Waals surface area contributed by atoms with Crippen molar-refractivity contribution < 1.29 is 19.1 Å². The van der Waals surface area contributed by atoms with Gasteiger partial charge in [-0.2, -0.15) is 0 Å². The van der Waals surface area contributed by atoms with Gasteiger partial charge in [-0.05, 0) is 31.0 Å².